The van der Waals surface area contributed by atoms with Crippen LogP contribution in [-0.4, -0.2) is 52.0 Å². The fourth-order valence-electron chi connectivity index (χ4n) is 2.02. The van der Waals surface area contributed by atoms with Gasteiger partial charge in [-0.3, -0.25) is 4.90 Å². The van der Waals surface area contributed by atoms with Crippen molar-refractivity contribution >= 4 is 5.69 Å². The number of piperazine rings is 1. The first-order valence-corrected chi connectivity index (χ1v) is 6.22. The monoisotopic (exact) mass is 251 g/mol. The van der Waals surface area contributed by atoms with Gasteiger partial charge in [-0.15, -0.1) is 0 Å². The second kappa shape index (κ2) is 6.47. The molecule has 0 spiro atoms. The molecule has 18 heavy (non-hydrogen) atoms. The summed E-state index contributed by atoms with van der Waals surface area (Å²) in [6, 6.07) is 5.77. The minimum Gasteiger partial charge on any atom is -0.497 e. The van der Waals surface area contributed by atoms with E-state index in [-0.39, 0.29) is 0 Å². The molecular weight excluding hydrogens is 230 g/mol. The van der Waals surface area contributed by atoms with Crippen LogP contribution in [0.15, 0.2) is 18.2 Å². The Labute approximate surface area is 108 Å². The number of rotatable bonds is 5. The lowest BCUT2D eigenvalue weighted by Crippen LogP contribution is -2.45. The van der Waals surface area contributed by atoms with Crippen molar-refractivity contribution in [1.29, 1.82) is 0 Å². The largest absolute Gasteiger partial charge is 0.497 e. The first-order valence-electron chi connectivity index (χ1n) is 6.22. The van der Waals surface area contributed by atoms with Crippen LogP contribution < -0.4 is 20.1 Å². The van der Waals surface area contributed by atoms with E-state index < -0.39 is 0 Å². The van der Waals surface area contributed by atoms with Crippen molar-refractivity contribution in [2.24, 2.45) is 0 Å². The van der Waals surface area contributed by atoms with E-state index in [0.717, 1.165) is 50.0 Å². The van der Waals surface area contributed by atoms with Crippen molar-refractivity contribution in [2.75, 3.05) is 52.4 Å². The van der Waals surface area contributed by atoms with E-state index in [9.17, 15) is 0 Å². The quantitative estimate of drug-likeness (QED) is 0.817. The van der Waals surface area contributed by atoms with Gasteiger partial charge >= 0.3 is 0 Å². The number of hydrogen-bond acceptors (Lipinski definition) is 5. The van der Waals surface area contributed by atoms with E-state index in [0.29, 0.717) is 0 Å². The molecule has 0 unspecified atom stereocenters. The summed E-state index contributed by atoms with van der Waals surface area (Å²) >= 11 is 0. The molecule has 5 nitrogen and oxygen atoms in total. The number of methoxy groups -OCH3 is 2. The van der Waals surface area contributed by atoms with Crippen LogP contribution in [0.25, 0.3) is 0 Å². The van der Waals surface area contributed by atoms with Crippen LogP contribution in [0.2, 0.25) is 0 Å². The Morgan fingerprint density at radius 3 is 2.67 bits per heavy atom. The van der Waals surface area contributed by atoms with Crippen molar-refractivity contribution in [3.8, 4) is 11.5 Å². The third kappa shape index (κ3) is 3.27. The molecule has 1 fully saturated rings. The number of nitrogens with zero attached hydrogens (tertiary/aromatic N) is 1. The lowest BCUT2D eigenvalue weighted by Gasteiger charge is -2.28. The lowest BCUT2D eigenvalue weighted by molar-refractivity contribution is 0.256. The summed E-state index contributed by atoms with van der Waals surface area (Å²) in [5, 5.41) is 6.74. The molecule has 0 amide bonds. The van der Waals surface area contributed by atoms with Crippen LogP contribution in [0.1, 0.15) is 0 Å². The van der Waals surface area contributed by atoms with Crippen LogP contribution in [0.3, 0.4) is 0 Å². The van der Waals surface area contributed by atoms with Gasteiger partial charge in [0.05, 0.1) is 26.6 Å². The van der Waals surface area contributed by atoms with Gasteiger partial charge in [0.25, 0.3) is 0 Å². The molecule has 0 aliphatic carbocycles. The summed E-state index contributed by atoms with van der Waals surface area (Å²) < 4.78 is 10.6. The Balaban J connectivity index is 1.97. The zero-order valence-corrected chi connectivity index (χ0v) is 11.0. The summed E-state index contributed by atoms with van der Waals surface area (Å²) in [5.41, 5.74) is 0.968. The molecule has 1 aliphatic rings. The number of anilines is 1. The van der Waals surface area contributed by atoms with Gasteiger partial charge in [-0.25, -0.2) is 0 Å². The van der Waals surface area contributed by atoms with Crippen molar-refractivity contribution in [2.45, 2.75) is 0 Å². The summed E-state index contributed by atoms with van der Waals surface area (Å²) in [7, 11) is 3.35. The Morgan fingerprint density at radius 1 is 1.22 bits per heavy atom. The highest BCUT2D eigenvalue weighted by molar-refractivity contribution is 5.59. The van der Waals surface area contributed by atoms with Gasteiger partial charge < -0.3 is 20.1 Å². The van der Waals surface area contributed by atoms with Gasteiger partial charge in [-0.1, -0.05) is 0 Å². The highest BCUT2D eigenvalue weighted by Crippen LogP contribution is 2.28. The molecule has 100 valence electrons. The molecule has 5 heteroatoms. The third-order valence-corrected chi connectivity index (χ3v) is 3.11. The van der Waals surface area contributed by atoms with Gasteiger partial charge in [-0.05, 0) is 12.1 Å². The zero-order chi connectivity index (χ0) is 12.8. The van der Waals surface area contributed by atoms with E-state index in [1.54, 1.807) is 14.2 Å². The average molecular weight is 251 g/mol. The normalized spacial score (nSPS) is 16.3. The maximum Gasteiger partial charge on any atom is 0.142 e. The van der Waals surface area contributed by atoms with Crippen molar-refractivity contribution in [1.82, 2.24) is 10.2 Å². The van der Waals surface area contributed by atoms with E-state index in [4.69, 9.17) is 9.47 Å². The van der Waals surface area contributed by atoms with Crippen LogP contribution >= 0.6 is 0 Å². The summed E-state index contributed by atoms with van der Waals surface area (Å²) in [5.74, 6) is 1.67. The minimum absolute atomic E-state index is 0.825. The number of benzene rings is 1. The maximum absolute atomic E-state index is 5.34. The van der Waals surface area contributed by atoms with Crippen molar-refractivity contribution in [3.05, 3.63) is 18.2 Å². The standard InChI is InChI=1S/C13H21N3O2/c1-17-11-3-4-13(18-2)12(9-11)15-10-16-7-5-14-6-8-16/h3-4,9,14-15H,5-8,10H2,1-2H3. The van der Waals surface area contributed by atoms with Gasteiger partial charge in [0.2, 0.25) is 0 Å². The highest BCUT2D eigenvalue weighted by Gasteiger charge is 2.10. The van der Waals surface area contributed by atoms with E-state index in [1.807, 2.05) is 18.2 Å². The predicted molar refractivity (Wildman–Crippen MR) is 72.5 cm³/mol. The Bertz CT molecular complexity index is 378. The smallest absolute Gasteiger partial charge is 0.142 e. The lowest BCUT2D eigenvalue weighted by atomic mass is 10.2. The third-order valence-electron chi connectivity index (χ3n) is 3.11. The van der Waals surface area contributed by atoms with Crippen LogP contribution in [-0.2, 0) is 0 Å². The zero-order valence-electron chi connectivity index (χ0n) is 11.0. The molecule has 1 aromatic rings. The minimum atomic E-state index is 0.825. The topological polar surface area (TPSA) is 45.8 Å². The SMILES string of the molecule is COc1ccc(OC)c(NCN2CCNCC2)c1. The molecule has 0 saturated carbocycles. The molecule has 1 aliphatic heterocycles. The summed E-state index contributed by atoms with van der Waals surface area (Å²) in [4.78, 5) is 2.37. The molecule has 1 aromatic carbocycles. The average Bonchev–Trinajstić information content (AvgIpc) is 2.45. The second-order valence-electron chi connectivity index (χ2n) is 4.27. The van der Waals surface area contributed by atoms with Crippen molar-refractivity contribution < 1.29 is 9.47 Å². The second-order valence-corrected chi connectivity index (χ2v) is 4.27. The van der Waals surface area contributed by atoms with Crippen LogP contribution in [0, 0.1) is 0 Å². The fraction of sp³-hybridized carbons (Fsp3) is 0.538. The van der Waals surface area contributed by atoms with Crippen LogP contribution in [0.4, 0.5) is 5.69 Å². The van der Waals surface area contributed by atoms with Crippen LogP contribution in [0.5, 0.6) is 11.5 Å². The van der Waals surface area contributed by atoms with Crippen molar-refractivity contribution in [3.63, 3.8) is 0 Å². The molecular formula is C13H21N3O2. The Kier molecular flexibility index (Phi) is 4.66. The highest BCUT2D eigenvalue weighted by atomic mass is 16.5. The van der Waals surface area contributed by atoms with Gasteiger partial charge in [0, 0.05) is 32.2 Å². The van der Waals surface area contributed by atoms with E-state index in [1.165, 1.54) is 0 Å². The van der Waals surface area contributed by atoms with Gasteiger partial charge in [0.1, 0.15) is 11.5 Å². The van der Waals surface area contributed by atoms with E-state index >= 15 is 0 Å². The molecule has 1 heterocycles. The molecule has 1 saturated heterocycles. The summed E-state index contributed by atoms with van der Waals surface area (Å²) in [6.07, 6.45) is 0. The molecule has 2 rings (SSSR count). The first kappa shape index (κ1) is 13.0. The number of hydrogen-bond donors (Lipinski definition) is 2. The van der Waals surface area contributed by atoms with E-state index in [2.05, 4.69) is 15.5 Å². The van der Waals surface area contributed by atoms with Gasteiger partial charge in [-0.2, -0.15) is 0 Å². The molecule has 2 N–H and O–H groups in total. The van der Waals surface area contributed by atoms with Gasteiger partial charge in [0.15, 0.2) is 0 Å². The predicted octanol–water partition coefficient (Wildman–Crippen LogP) is 0.978. The molecule has 0 bridgehead atoms. The number of ether oxygens (including phenoxy) is 2. The first-order chi connectivity index (χ1) is 8.83. The summed E-state index contributed by atoms with van der Waals surface area (Å²) in [6.45, 7) is 5.07. The Hall–Kier alpha value is -1.46. The Morgan fingerprint density at radius 2 is 2.00 bits per heavy atom. The maximum atomic E-state index is 5.34. The fourth-order valence-corrected chi connectivity index (χ4v) is 2.02. The molecule has 0 aromatic heterocycles. The number of nitrogens with one attached hydrogen (secondary N) is 2. The molecule has 0 radical (unpaired) electrons. The molecule has 0 atom stereocenters.